The lowest BCUT2D eigenvalue weighted by Crippen LogP contribution is -1.93. The van der Waals surface area contributed by atoms with Crippen LogP contribution < -0.4 is 0 Å². The predicted molar refractivity (Wildman–Crippen MR) is 40.9 cm³/mol. The molecular weight excluding hydrogens is 154 g/mol. The van der Waals surface area contributed by atoms with Crippen LogP contribution in [0.25, 0.3) is 11.5 Å². The zero-order valence-electron chi connectivity index (χ0n) is 6.12. The molecule has 0 saturated heterocycles. The Labute approximate surface area is 68.5 Å². The smallest absolute Gasteiger partial charge is 0.202 e. The molecule has 0 aliphatic carbocycles. The first-order valence-corrected chi connectivity index (χ1v) is 3.38. The molecule has 2 aromatic heterocycles. The van der Waals surface area contributed by atoms with Gasteiger partial charge in [-0.1, -0.05) is 0 Å². The highest BCUT2D eigenvalue weighted by atomic mass is 15.2. The van der Waals surface area contributed by atoms with Gasteiger partial charge in [0, 0.05) is 12.4 Å². The SMILES string of the molecule is c1cnnc(-c2nccnn2)c1. The van der Waals surface area contributed by atoms with E-state index < -0.39 is 0 Å². The summed E-state index contributed by atoms with van der Waals surface area (Å²) < 4.78 is 0. The van der Waals surface area contributed by atoms with Crippen molar-refractivity contribution >= 4 is 0 Å². The summed E-state index contributed by atoms with van der Waals surface area (Å²) in [6.45, 7) is 0. The van der Waals surface area contributed by atoms with Crippen molar-refractivity contribution in [3.05, 3.63) is 30.7 Å². The van der Waals surface area contributed by atoms with Gasteiger partial charge in [0.1, 0.15) is 5.69 Å². The van der Waals surface area contributed by atoms with Gasteiger partial charge in [-0.3, -0.25) is 0 Å². The van der Waals surface area contributed by atoms with Gasteiger partial charge in [0.15, 0.2) is 0 Å². The summed E-state index contributed by atoms with van der Waals surface area (Å²) in [5, 5.41) is 15.0. The lowest BCUT2D eigenvalue weighted by atomic mass is 10.4. The average molecular weight is 159 g/mol. The van der Waals surface area contributed by atoms with E-state index in [0.717, 1.165) is 0 Å². The van der Waals surface area contributed by atoms with Gasteiger partial charge >= 0.3 is 0 Å². The van der Waals surface area contributed by atoms with Crippen molar-refractivity contribution in [3.63, 3.8) is 0 Å². The van der Waals surface area contributed by atoms with Crippen LogP contribution >= 0.6 is 0 Å². The van der Waals surface area contributed by atoms with Gasteiger partial charge in [0.25, 0.3) is 0 Å². The Bertz CT molecular complexity index is 309. The molecule has 2 aromatic rings. The molecule has 2 rings (SSSR count). The molecule has 5 nitrogen and oxygen atoms in total. The molecule has 0 aliphatic rings. The van der Waals surface area contributed by atoms with E-state index in [1.54, 1.807) is 24.5 Å². The molecule has 0 saturated carbocycles. The number of hydrogen-bond donors (Lipinski definition) is 0. The molecule has 0 unspecified atom stereocenters. The first kappa shape index (κ1) is 6.78. The van der Waals surface area contributed by atoms with Crippen LogP contribution in [0.1, 0.15) is 0 Å². The minimum atomic E-state index is 0.491. The van der Waals surface area contributed by atoms with Crippen LogP contribution in [0.3, 0.4) is 0 Å². The molecule has 0 bridgehead atoms. The van der Waals surface area contributed by atoms with Crippen LogP contribution in [-0.4, -0.2) is 25.4 Å². The first-order valence-electron chi connectivity index (χ1n) is 3.38. The first-order chi connectivity index (χ1) is 5.97. The van der Waals surface area contributed by atoms with Crippen LogP contribution in [-0.2, 0) is 0 Å². The standard InChI is InChI=1S/C7H5N5/c1-2-6(11-9-3-1)7-8-4-5-10-12-7/h1-5H. The minimum Gasteiger partial charge on any atom is -0.232 e. The van der Waals surface area contributed by atoms with E-state index in [0.29, 0.717) is 11.5 Å². The molecular formula is C7H5N5. The van der Waals surface area contributed by atoms with Gasteiger partial charge < -0.3 is 0 Å². The van der Waals surface area contributed by atoms with E-state index in [4.69, 9.17) is 0 Å². The van der Waals surface area contributed by atoms with Crippen molar-refractivity contribution in [2.45, 2.75) is 0 Å². The lowest BCUT2D eigenvalue weighted by molar-refractivity contribution is 0.945. The number of hydrogen-bond acceptors (Lipinski definition) is 5. The van der Waals surface area contributed by atoms with Crippen LogP contribution in [0, 0.1) is 0 Å². The molecule has 0 N–H and O–H groups in total. The maximum Gasteiger partial charge on any atom is 0.202 e. The largest absolute Gasteiger partial charge is 0.232 e. The van der Waals surface area contributed by atoms with Gasteiger partial charge in [-0.2, -0.15) is 10.2 Å². The minimum absolute atomic E-state index is 0.491. The highest BCUT2D eigenvalue weighted by molar-refractivity contribution is 5.45. The van der Waals surface area contributed by atoms with E-state index >= 15 is 0 Å². The van der Waals surface area contributed by atoms with Crippen molar-refractivity contribution in [2.75, 3.05) is 0 Å². The topological polar surface area (TPSA) is 64.5 Å². The lowest BCUT2D eigenvalue weighted by Gasteiger charge is -1.92. The van der Waals surface area contributed by atoms with Gasteiger partial charge in [0.05, 0.1) is 6.20 Å². The molecule has 0 fully saturated rings. The van der Waals surface area contributed by atoms with Crippen molar-refractivity contribution in [1.82, 2.24) is 25.4 Å². The van der Waals surface area contributed by atoms with E-state index in [1.165, 1.54) is 6.20 Å². The summed E-state index contributed by atoms with van der Waals surface area (Å²) in [4.78, 5) is 3.97. The van der Waals surface area contributed by atoms with Crippen LogP contribution in [0.15, 0.2) is 30.7 Å². The normalized spacial score (nSPS) is 9.67. The molecule has 0 radical (unpaired) electrons. The summed E-state index contributed by atoms with van der Waals surface area (Å²) in [5.41, 5.74) is 0.630. The third kappa shape index (κ3) is 1.24. The molecule has 58 valence electrons. The summed E-state index contributed by atoms with van der Waals surface area (Å²) in [7, 11) is 0. The molecule has 0 amide bonds. The second-order valence-electron chi connectivity index (χ2n) is 2.08. The Balaban J connectivity index is 2.46. The third-order valence-corrected chi connectivity index (χ3v) is 1.28. The van der Waals surface area contributed by atoms with E-state index in [9.17, 15) is 0 Å². The van der Waals surface area contributed by atoms with Gasteiger partial charge in [-0.05, 0) is 12.1 Å². The summed E-state index contributed by atoms with van der Waals surface area (Å²) in [6, 6.07) is 3.56. The quantitative estimate of drug-likeness (QED) is 0.599. The maximum absolute atomic E-state index is 3.97. The molecule has 0 atom stereocenters. The Morgan fingerprint density at radius 3 is 2.50 bits per heavy atom. The molecule has 2 heterocycles. The molecule has 5 heteroatoms. The fourth-order valence-corrected chi connectivity index (χ4v) is 0.786. The van der Waals surface area contributed by atoms with Gasteiger partial charge in [-0.25, -0.2) is 4.98 Å². The predicted octanol–water partition coefficient (Wildman–Crippen LogP) is 0.329. The van der Waals surface area contributed by atoms with Crippen molar-refractivity contribution in [1.29, 1.82) is 0 Å². The number of aromatic nitrogens is 5. The second-order valence-corrected chi connectivity index (χ2v) is 2.08. The fraction of sp³-hybridized carbons (Fsp3) is 0. The Morgan fingerprint density at radius 2 is 1.83 bits per heavy atom. The molecule has 12 heavy (non-hydrogen) atoms. The van der Waals surface area contributed by atoms with Crippen LogP contribution in [0.2, 0.25) is 0 Å². The maximum atomic E-state index is 3.97. The number of nitrogens with zero attached hydrogens (tertiary/aromatic N) is 5. The van der Waals surface area contributed by atoms with Crippen molar-refractivity contribution in [2.24, 2.45) is 0 Å². The Hall–Kier alpha value is -1.91. The van der Waals surface area contributed by atoms with Crippen LogP contribution in [0.5, 0.6) is 0 Å². The summed E-state index contributed by atoms with van der Waals surface area (Å²) >= 11 is 0. The second kappa shape index (κ2) is 3.00. The van der Waals surface area contributed by atoms with E-state index in [2.05, 4.69) is 25.4 Å². The molecule has 0 aliphatic heterocycles. The summed E-state index contributed by atoms with van der Waals surface area (Å²) in [6.07, 6.45) is 4.68. The zero-order chi connectivity index (χ0) is 8.23. The van der Waals surface area contributed by atoms with Crippen molar-refractivity contribution < 1.29 is 0 Å². The van der Waals surface area contributed by atoms with Crippen LogP contribution in [0.4, 0.5) is 0 Å². The number of rotatable bonds is 1. The fourth-order valence-electron chi connectivity index (χ4n) is 0.786. The monoisotopic (exact) mass is 159 g/mol. The Kier molecular flexibility index (Phi) is 1.69. The van der Waals surface area contributed by atoms with Gasteiger partial charge in [0.2, 0.25) is 5.82 Å². The zero-order valence-corrected chi connectivity index (χ0v) is 6.12. The Morgan fingerprint density at radius 1 is 0.917 bits per heavy atom. The van der Waals surface area contributed by atoms with Gasteiger partial charge in [-0.15, -0.1) is 10.2 Å². The average Bonchev–Trinajstić information content (AvgIpc) is 2.21. The third-order valence-electron chi connectivity index (χ3n) is 1.28. The molecule has 0 spiro atoms. The highest BCUT2D eigenvalue weighted by Crippen LogP contribution is 2.05. The van der Waals surface area contributed by atoms with E-state index in [-0.39, 0.29) is 0 Å². The molecule has 0 aromatic carbocycles. The van der Waals surface area contributed by atoms with E-state index in [1.807, 2.05) is 0 Å². The summed E-state index contributed by atoms with van der Waals surface area (Å²) in [5.74, 6) is 0.491. The highest BCUT2D eigenvalue weighted by Gasteiger charge is 1.99. The van der Waals surface area contributed by atoms with Crippen molar-refractivity contribution in [3.8, 4) is 11.5 Å².